The van der Waals surface area contributed by atoms with E-state index in [4.69, 9.17) is 4.98 Å². The van der Waals surface area contributed by atoms with E-state index >= 15 is 0 Å². The van der Waals surface area contributed by atoms with Gasteiger partial charge in [-0.15, -0.1) is 0 Å². The molecule has 1 saturated heterocycles. The summed E-state index contributed by atoms with van der Waals surface area (Å²) in [6.07, 6.45) is 2.15. The van der Waals surface area contributed by atoms with Crippen molar-refractivity contribution in [3.05, 3.63) is 71.3 Å². The first-order chi connectivity index (χ1) is 16.2. The van der Waals surface area contributed by atoms with E-state index in [1.165, 1.54) is 11.1 Å². The molecule has 1 saturated carbocycles. The lowest BCUT2D eigenvalue weighted by atomic mass is 10.1. The topological polar surface area (TPSA) is 60.5 Å². The number of pyridine rings is 1. The van der Waals surface area contributed by atoms with Crippen molar-refractivity contribution in [1.29, 1.82) is 0 Å². The van der Waals surface area contributed by atoms with Crippen LogP contribution in [0.5, 0.6) is 0 Å². The average Bonchev–Trinajstić information content (AvgIpc) is 3.67. The van der Waals surface area contributed by atoms with E-state index in [-0.39, 0.29) is 5.91 Å². The Morgan fingerprint density at radius 3 is 2.42 bits per heavy atom. The fourth-order valence-corrected chi connectivity index (χ4v) is 4.52. The molecule has 5 rings (SSSR count). The number of anilines is 1. The van der Waals surface area contributed by atoms with Gasteiger partial charge in [0.1, 0.15) is 5.82 Å². The molecule has 33 heavy (non-hydrogen) atoms. The first-order valence-electron chi connectivity index (χ1n) is 12.2. The molecule has 172 valence electrons. The molecule has 1 aliphatic carbocycles. The number of nitrogens with one attached hydrogen (secondary N) is 2. The van der Waals surface area contributed by atoms with E-state index in [2.05, 4.69) is 51.6 Å². The molecule has 1 amide bonds. The highest BCUT2D eigenvalue weighted by Crippen LogP contribution is 2.24. The SMILES string of the molecule is CCN1CCN(Cc2ccccc2CNc2cc(C(=O)NC3CC3)c3ccccc3n2)CC1. The minimum absolute atomic E-state index is 0.00854. The van der Waals surface area contributed by atoms with Gasteiger partial charge in [0.2, 0.25) is 0 Å². The fourth-order valence-electron chi connectivity index (χ4n) is 4.52. The van der Waals surface area contributed by atoms with Crippen LogP contribution in [0.1, 0.15) is 41.3 Å². The van der Waals surface area contributed by atoms with Gasteiger partial charge in [-0.1, -0.05) is 49.4 Å². The molecule has 2 N–H and O–H groups in total. The lowest BCUT2D eigenvalue weighted by Gasteiger charge is -2.34. The first-order valence-corrected chi connectivity index (χ1v) is 12.2. The van der Waals surface area contributed by atoms with Crippen molar-refractivity contribution in [2.75, 3.05) is 38.0 Å². The van der Waals surface area contributed by atoms with Crippen LogP contribution in [0.4, 0.5) is 5.82 Å². The lowest BCUT2D eigenvalue weighted by molar-refractivity contribution is 0.0952. The van der Waals surface area contributed by atoms with Gasteiger partial charge < -0.3 is 15.5 Å². The standard InChI is InChI=1S/C27H33N5O/c1-2-31-13-15-32(16-14-31)19-21-8-4-3-7-20(21)18-28-26-17-24(27(33)29-22-11-12-22)23-9-5-6-10-25(23)30-26/h3-10,17,22H,2,11-16,18-19H2,1H3,(H,28,30)(H,29,33). The van der Waals surface area contributed by atoms with Gasteiger partial charge in [0.15, 0.2) is 0 Å². The second-order valence-electron chi connectivity index (χ2n) is 9.15. The lowest BCUT2D eigenvalue weighted by Crippen LogP contribution is -2.45. The number of likely N-dealkylation sites (N-methyl/N-ethyl adjacent to an activating group) is 1. The summed E-state index contributed by atoms with van der Waals surface area (Å²) in [5.74, 6) is 0.729. The predicted molar refractivity (Wildman–Crippen MR) is 133 cm³/mol. The number of nitrogens with zero attached hydrogens (tertiary/aromatic N) is 3. The van der Waals surface area contributed by atoms with E-state index in [1.807, 2.05) is 30.3 Å². The Kier molecular flexibility index (Phi) is 6.55. The number of carbonyl (C=O) groups is 1. The molecule has 6 heteroatoms. The largest absolute Gasteiger partial charge is 0.366 e. The Morgan fingerprint density at radius 1 is 0.970 bits per heavy atom. The summed E-state index contributed by atoms with van der Waals surface area (Å²) in [5.41, 5.74) is 4.15. The molecule has 2 heterocycles. The highest BCUT2D eigenvalue weighted by molar-refractivity contribution is 6.07. The van der Waals surface area contributed by atoms with Crippen LogP contribution in [0, 0.1) is 0 Å². The summed E-state index contributed by atoms with van der Waals surface area (Å²) in [5, 5.41) is 7.51. The molecule has 1 aliphatic heterocycles. The van der Waals surface area contributed by atoms with Gasteiger partial charge in [-0.3, -0.25) is 9.69 Å². The van der Waals surface area contributed by atoms with Gasteiger partial charge in [0.05, 0.1) is 11.1 Å². The van der Waals surface area contributed by atoms with Gasteiger partial charge in [-0.05, 0) is 42.6 Å². The van der Waals surface area contributed by atoms with Crippen molar-refractivity contribution in [3.8, 4) is 0 Å². The van der Waals surface area contributed by atoms with Crippen LogP contribution in [0.15, 0.2) is 54.6 Å². The minimum atomic E-state index is -0.00854. The van der Waals surface area contributed by atoms with Crippen LogP contribution in [-0.2, 0) is 13.1 Å². The number of piperazine rings is 1. The van der Waals surface area contributed by atoms with Gasteiger partial charge >= 0.3 is 0 Å². The zero-order valence-electron chi connectivity index (χ0n) is 19.4. The number of rotatable bonds is 8. The molecule has 0 radical (unpaired) electrons. The quantitative estimate of drug-likeness (QED) is 0.553. The summed E-state index contributed by atoms with van der Waals surface area (Å²) >= 11 is 0. The molecule has 0 bridgehead atoms. The number of para-hydroxylation sites is 1. The third-order valence-electron chi connectivity index (χ3n) is 6.76. The summed E-state index contributed by atoms with van der Waals surface area (Å²) in [4.78, 5) is 22.7. The number of carbonyl (C=O) groups excluding carboxylic acids is 1. The Labute approximate surface area is 196 Å². The van der Waals surface area contributed by atoms with E-state index < -0.39 is 0 Å². The van der Waals surface area contributed by atoms with Crippen LogP contribution in [0.3, 0.4) is 0 Å². The van der Waals surface area contributed by atoms with Crippen molar-refractivity contribution in [1.82, 2.24) is 20.1 Å². The third-order valence-corrected chi connectivity index (χ3v) is 6.76. The fraction of sp³-hybridized carbons (Fsp3) is 0.407. The van der Waals surface area contributed by atoms with Crippen LogP contribution >= 0.6 is 0 Å². The Hall–Kier alpha value is -2.96. The van der Waals surface area contributed by atoms with Crippen LogP contribution < -0.4 is 10.6 Å². The van der Waals surface area contributed by atoms with Crippen LogP contribution in [0.2, 0.25) is 0 Å². The zero-order chi connectivity index (χ0) is 22.6. The van der Waals surface area contributed by atoms with Gasteiger partial charge in [0, 0.05) is 50.7 Å². The summed E-state index contributed by atoms with van der Waals surface area (Å²) in [7, 11) is 0. The van der Waals surface area contributed by atoms with E-state index in [1.54, 1.807) is 0 Å². The smallest absolute Gasteiger partial charge is 0.252 e. The predicted octanol–water partition coefficient (Wildman–Crippen LogP) is 3.88. The molecular formula is C27H33N5O. The van der Waals surface area contributed by atoms with E-state index in [9.17, 15) is 4.79 Å². The van der Waals surface area contributed by atoms with Crippen LogP contribution in [0.25, 0.3) is 10.9 Å². The first kappa shape index (κ1) is 21.9. The molecular weight excluding hydrogens is 410 g/mol. The van der Waals surface area contributed by atoms with Crippen molar-refractivity contribution in [2.24, 2.45) is 0 Å². The molecule has 2 fully saturated rings. The second-order valence-corrected chi connectivity index (χ2v) is 9.15. The monoisotopic (exact) mass is 443 g/mol. The number of hydrogen-bond donors (Lipinski definition) is 2. The Balaban J connectivity index is 1.31. The average molecular weight is 444 g/mol. The minimum Gasteiger partial charge on any atom is -0.366 e. The Bertz CT molecular complexity index is 1120. The van der Waals surface area contributed by atoms with Gasteiger partial charge in [-0.25, -0.2) is 4.98 Å². The normalized spacial score (nSPS) is 17.2. The molecule has 2 aromatic carbocycles. The zero-order valence-corrected chi connectivity index (χ0v) is 19.4. The van der Waals surface area contributed by atoms with E-state index in [0.29, 0.717) is 18.2 Å². The third kappa shape index (κ3) is 5.34. The number of amides is 1. The molecule has 3 aromatic rings. The Morgan fingerprint density at radius 2 is 1.67 bits per heavy atom. The highest BCUT2D eigenvalue weighted by atomic mass is 16.1. The molecule has 0 spiro atoms. The number of fused-ring (bicyclic) bond motifs is 1. The van der Waals surface area contributed by atoms with Crippen molar-refractivity contribution in [2.45, 2.75) is 38.9 Å². The number of benzene rings is 2. The second kappa shape index (κ2) is 9.89. The van der Waals surface area contributed by atoms with Crippen molar-refractivity contribution < 1.29 is 4.79 Å². The van der Waals surface area contributed by atoms with E-state index in [0.717, 1.165) is 68.8 Å². The highest BCUT2D eigenvalue weighted by Gasteiger charge is 2.25. The number of hydrogen-bond acceptors (Lipinski definition) is 5. The molecule has 0 atom stereocenters. The van der Waals surface area contributed by atoms with Gasteiger partial charge in [0.25, 0.3) is 5.91 Å². The van der Waals surface area contributed by atoms with Crippen molar-refractivity contribution >= 4 is 22.6 Å². The number of aromatic nitrogens is 1. The summed E-state index contributed by atoms with van der Waals surface area (Å²) in [6, 6.07) is 18.7. The van der Waals surface area contributed by atoms with Crippen molar-refractivity contribution in [3.63, 3.8) is 0 Å². The molecule has 1 aromatic heterocycles. The molecule has 2 aliphatic rings. The maximum absolute atomic E-state index is 12.9. The summed E-state index contributed by atoms with van der Waals surface area (Å²) in [6.45, 7) is 9.53. The van der Waals surface area contributed by atoms with Gasteiger partial charge in [-0.2, -0.15) is 0 Å². The summed E-state index contributed by atoms with van der Waals surface area (Å²) < 4.78 is 0. The maximum atomic E-state index is 12.9. The molecule has 0 unspecified atom stereocenters. The molecule has 6 nitrogen and oxygen atoms in total. The maximum Gasteiger partial charge on any atom is 0.252 e. The van der Waals surface area contributed by atoms with Crippen LogP contribution in [-0.4, -0.2) is 59.5 Å².